The van der Waals surface area contributed by atoms with E-state index < -0.39 is 23.2 Å². The van der Waals surface area contributed by atoms with Crippen LogP contribution in [-0.2, 0) is 20.8 Å². The lowest BCUT2D eigenvalue weighted by Gasteiger charge is -2.25. The number of carbonyl (C=O) groups is 4. The Morgan fingerprint density at radius 2 is 1.62 bits per heavy atom. The van der Waals surface area contributed by atoms with Crippen molar-refractivity contribution in [2.75, 3.05) is 13.6 Å². The van der Waals surface area contributed by atoms with E-state index in [2.05, 4.69) is 38.9 Å². The summed E-state index contributed by atoms with van der Waals surface area (Å²) < 4.78 is 0. The number of hydrogen-bond acceptors (Lipinski definition) is 6. The fourth-order valence-corrected chi connectivity index (χ4v) is 3.96. The van der Waals surface area contributed by atoms with Gasteiger partial charge in [0.15, 0.2) is 0 Å². The molecule has 3 atom stereocenters. The summed E-state index contributed by atoms with van der Waals surface area (Å²) in [6.07, 6.45) is 4.76. The van der Waals surface area contributed by atoms with Crippen molar-refractivity contribution >= 4 is 36.3 Å². The Morgan fingerprint density at radius 1 is 0.919 bits per heavy atom. The van der Waals surface area contributed by atoms with Crippen molar-refractivity contribution < 1.29 is 19.2 Å². The molecular formula is C27H37N5O4S. The van der Waals surface area contributed by atoms with Crippen LogP contribution in [0.15, 0.2) is 54.9 Å². The number of pyridine rings is 1. The van der Waals surface area contributed by atoms with E-state index in [0.717, 1.165) is 5.56 Å². The molecular weight excluding hydrogens is 490 g/mol. The van der Waals surface area contributed by atoms with Crippen molar-refractivity contribution in [1.29, 1.82) is 0 Å². The predicted molar refractivity (Wildman–Crippen MR) is 146 cm³/mol. The summed E-state index contributed by atoms with van der Waals surface area (Å²) >= 11 is 4.41. The van der Waals surface area contributed by atoms with E-state index in [1.807, 2.05) is 44.2 Å². The number of thiol groups is 1. The molecule has 1 aromatic carbocycles. The Kier molecular flexibility index (Phi) is 12.6. The highest BCUT2D eigenvalue weighted by molar-refractivity contribution is 7.81. The number of hydrogen-bond donors (Lipinski definition) is 5. The van der Waals surface area contributed by atoms with E-state index >= 15 is 0 Å². The molecule has 0 aliphatic rings. The van der Waals surface area contributed by atoms with E-state index in [9.17, 15) is 19.2 Å². The molecule has 1 aromatic heterocycles. The standard InChI is InChI=1S/C27H37N5O4S/c1-18(2)15-21(26(35)31-22(25(34)28-3)16-19-9-5-4-6-10-19)32-27(36)23(37)12-8-14-30-24(33)20-11-7-13-29-17-20/h4-7,9-11,13,17-18,21-23,37H,8,12,14-16H2,1-3H3,(H,28,34)(H,30,33)(H,31,35)(H,32,36)/t21?,22-,23?/m0/s1. The maximum atomic E-state index is 13.1. The molecule has 200 valence electrons. The van der Waals surface area contributed by atoms with Gasteiger partial charge in [0.1, 0.15) is 12.1 Å². The number of carbonyl (C=O) groups excluding carboxylic acids is 4. The molecule has 4 N–H and O–H groups in total. The van der Waals surface area contributed by atoms with Gasteiger partial charge >= 0.3 is 0 Å². The molecule has 0 saturated carbocycles. The van der Waals surface area contributed by atoms with Crippen molar-refractivity contribution in [1.82, 2.24) is 26.3 Å². The highest BCUT2D eigenvalue weighted by atomic mass is 32.1. The Balaban J connectivity index is 1.91. The first-order valence-corrected chi connectivity index (χ1v) is 13.0. The second-order valence-corrected chi connectivity index (χ2v) is 9.83. The zero-order valence-corrected chi connectivity index (χ0v) is 22.5. The van der Waals surface area contributed by atoms with Crippen LogP contribution in [0.3, 0.4) is 0 Å². The van der Waals surface area contributed by atoms with Gasteiger partial charge in [-0.15, -0.1) is 0 Å². The molecule has 0 radical (unpaired) electrons. The number of nitrogens with one attached hydrogen (secondary N) is 4. The van der Waals surface area contributed by atoms with E-state index in [1.54, 1.807) is 18.3 Å². The van der Waals surface area contributed by atoms with Gasteiger partial charge in [0, 0.05) is 32.4 Å². The van der Waals surface area contributed by atoms with Gasteiger partial charge in [-0.3, -0.25) is 24.2 Å². The molecule has 9 nitrogen and oxygen atoms in total. The lowest BCUT2D eigenvalue weighted by atomic mass is 10.0. The van der Waals surface area contributed by atoms with Crippen LogP contribution < -0.4 is 21.3 Å². The average molecular weight is 528 g/mol. The van der Waals surface area contributed by atoms with E-state index in [4.69, 9.17) is 0 Å². The first-order chi connectivity index (χ1) is 17.7. The van der Waals surface area contributed by atoms with Gasteiger partial charge in [0.2, 0.25) is 17.7 Å². The lowest BCUT2D eigenvalue weighted by molar-refractivity contribution is -0.132. The van der Waals surface area contributed by atoms with Crippen LogP contribution >= 0.6 is 12.6 Å². The summed E-state index contributed by atoms with van der Waals surface area (Å²) in [5, 5.41) is 10.3. The maximum absolute atomic E-state index is 13.1. The highest BCUT2D eigenvalue weighted by Crippen LogP contribution is 2.11. The minimum atomic E-state index is -0.810. The predicted octanol–water partition coefficient (Wildman–Crippen LogP) is 1.89. The van der Waals surface area contributed by atoms with Gasteiger partial charge in [0.25, 0.3) is 5.91 Å². The largest absolute Gasteiger partial charge is 0.357 e. The van der Waals surface area contributed by atoms with Crippen LogP contribution in [-0.4, -0.2) is 59.5 Å². The third-order valence-electron chi connectivity index (χ3n) is 5.67. The zero-order chi connectivity index (χ0) is 27.2. The van der Waals surface area contributed by atoms with Crippen LogP contribution in [0.5, 0.6) is 0 Å². The number of nitrogens with zero attached hydrogens (tertiary/aromatic N) is 1. The Labute approximate surface area is 224 Å². The zero-order valence-electron chi connectivity index (χ0n) is 21.6. The molecule has 0 aliphatic heterocycles. The summed E-state index contributed by atoms with van der Waals surface area (Å²) in [5.74, 6) is -1.21. The van der Waals surface area contributed by atoms with E-state index in [0.29, 0.717) is 37.8 Å². The lowest BCUT2D eigenvalue weighted by Crippen LogP contribution is -2.55. The molecule has 2 unspecified atom stereocenters. The monoisotopic (exact) mass is 527 g/mol. The van der Waals surface area contributed by atoms with Crippen molar-refractivity contribution in [3.63, 3.8) is 0 Å². The molecule has 0 aliphatic carbocycles. The molecule has 2 rings (SSSR count). The molecule has 0 bridgehead atoms. The topological polar surface area (TPSA) is 129 Å². The first-order valence-electron chi connectivity index (χ1n) is 12.4. The highest BCUT2D eigenvalue weighted by Gasteiger charge is 2.28. The minimum Gasteiger partial charge on any atom is -0.357 e. The minimum absolute atomic E-state index is 0.129. The number of amides is 4. The summed E-state index contributed by atoms with van der Waals surface area (Å²) in [4.78, 5) is 54.4. The SMILES string of the molecule is CNC(=O)[C@H](Cc1ccccc1)NC(=O)C(CC(C)C)NC(=O)C(S)CCCNC(=O)c1cccnc1. The maximum Gasteiger partial charge on any atom is 0.252 e. The average Bonchev–Trinajstić information content (AvgIpc) is 2.90. The van der Waals surface area contributed by atoms with Gasteiger partial charge in [-0.05, 0) is 42.9 Å². The first kappa shape index (κ1) is 29.8. The van der Waals surface area contributed by atoms with Gasteiger partial charge in [-0.2, -0.15) is 12.6 Å². The number of aromatic nitrogens is 1. The van der Waals surface area contributed by atoms with Crippen molar-refractivity contribution in [2.45, 2.75) is 56.9 Å². The normalized spacial score (nSPS) is 13.2. The van der Waals surface area contributed by atoms with Crippen LogP contribution in [0, 0.1) is 5.92 Å². The molecule has 0 fully saturated rings. The Morgan fingerprint density at radius 3 is 2.24 bits per heavy atom. The molecule has 37 heavy (non-hydrogen) atoms. The number of benzene rings is 1. The van der Waals surface area contributed by atoms with Crippen molar-refractivity contribution in [2.24, 2.45) is 5.92 Å². The molecule has 4 amide bonds. The van der Waals surface area contributed by atoms with Crippen LogP contribution in [0.2, 0.25) is 0 Å². The Hall–Kier alpha value is -3.40. The molecule has 10 heteroatoms. The van der Waals surface area contributed by atoms with E-state index in [-0.39, 0.29) is 23.6 Å². The Bertz CT molecular complexity index is 1020. The van der Waals surface area contributed by atoms with E-state index in [1.165, 1.54) is 13.2 Å². The van der Waals surface area contributed by atoms with Crippen LogP contribution in [0.1, 0.15) is 49.0 Å². The molecule has 0 saturated heterocycles. The quantitative estimate of drug-likeness (QED) is 0.189. The van der Waals surface area contributed by atoms with Crippen LogP contribution in [0.25, 0.3) is 0 Å². The number of rotatable bonds is 14. The smallest absolute Gasteiger partial charge is 0.252 e. The molecule has 0 spiro atoms. The fourth-order valence-electron chi connectivity index (χ4n) is 3.70. The van der Waals surface area contributed by atoms with Crippen molar-refractivity contribution in [3.05, 3.63) is 66.0 Å². The second-order valence-electron chi connectivity index (χ2n) is 9.21. The third kappa shape index (κ3) is 10.6. The van der Waals surface area contributed by atoms with Crippen molar-refractivity contribution in [3.8, 4) is 0 Å². The summed E-state index contributed by atoms with van der Waals surface area (Å²) in [5.41, 5.74) is 1.37. The molecule has 1 heterocycles. The molecule has 2 aromatic rings. The van der Waals surface area contributed by atoms with Gasteiger partial charge in [0.05, 0.1) is 10.8 Å². The summed E-state index contributed by atoms with van der Waals surface area (Å²) in [6.45, 7) is 4.28. The summed E-state index contributed by atoms with van der Waals surface area (Å²) in [7, 11) is 1.52. The van der Waals surface area contributed by atoms with Gasteiger partial charge < -0.3 is 21.3 Å². The second kappa shape index (κ2) is 15.7. The summed E-state index contributed by atoms with van der Waals surface area (Å²) in [6, 6.07) is 11.2. The van der Waals surface area contributed by atoms with Crippen LogP contribution in [0.4, 0.5) is 0 Å². The van der Waals surface area contributed by atoms with Gasteiger partial charge in [-0.1, -0.05) is 44.2 Å². The van der Waals surface area contributed by atoms with Gasteiger partial charge in [-0.25, -0.2) is 0 Å². The fraction of sp³-hybridized carbons (Fsp3) is 0.444. The third-order valence-corrected chi connectivity index (χ3v) is 6.16. The number of likely N-dealkylation sites (N-methyl/N-ethyl adjacent to an activating group) is 1.